The SMILES string of the molecule is N#C/C=N/N=C(N)N. The summed E-state index contributed by atoms with van der Waals surface area (Å²) in [7, 11) is 0. The lowest BCUT2D eigenvalue weighted by atomic mass is 10.9. The van der Waals surface area contributed by atoms with E-state index in [1.54, 1.807) is 6.07 Å². The highest BCUT2D eigenvalue weighted by Gasteiger charge is 1.69. The van der Waals surface area contributed by atoms with Gasteiger partial charge >= 0.3 is 0 Å². The van der Waals surface area contributed by atoms with Crippen molar-refractivity contribution in [2.24, 2.45) is 21.7 Å². The molecule has 0 aliphatic carbocycles. The Labute approximate surface area is 46.3 Å². The lowest BCUT2D eigenvalue weighted by Gasteiger charge is -1.78. The van der Waals surface area contributed by atoms with Crippen molar-refractivity contribution in [1.82, 2.24) is 0 Å². The van der Waals surface area contributed by atoms with E-state index >= 15 is 0 Å². The number of hydrogen-bond acceptors (Lipinski definition) is 3. The third-order valence-electron chi connectivity index (χ3n) is 0.289. The molecule has 0 heterocycles. The molecule has 0 spiro atoms. The van der Waals surface area contributed by atoms with E-state index in [-0.39, 0.29) is 5.96 Å². The molecule has 4 N–H and O–H groups in total. The van der Waals surface area contributed by atoms with E-state index in [2.05, 4.69) is 10.2 Å². The molecular weight excluding hydrogens is 106 g/mol. The van der Waals surface area contributed by atoms with Gasteiger partial charge in [-0.15, -0.1) is 10.2 Å². The molecule has 0 bridgehead atoms. The van der Waals surface area contributed by atoms with Crippen LogP contribution >= 0.6 is 0 Å². The van der Waals surface area contributed by atoms with E-state index in [1.807, 2.05) is 0 Å². The summed E-state index contributed by atoms with van der Waals surface area (Å²) in [5.74, 6) is -0.156. The minimum atomic E-state index is -0.156. The van der Waals surface area contributed by atoms with Crippen molar-refractivity contribution in [1.29, 1.82) is 5.26 Å². The second-order valence-electron chi connectivity index (χ2n) is 0.899. The van der Waals surface area contributed by atoms with Crippen LogP contribution in [-0.2, 0) is 0 Å². The lowest BCUT2D eigenvalue weighted by Crippen LogP contribution is -2.21. The van der Waals surface area contributed by atoms with E-state index in [9.17, 15) is 0 Å². The Hall–Kier alpha value is -1.57. The summed E-state index contributed by atoms with van der Waals surface area (Å²) in [4.78, 5) is 0. The Kier molecular flexibility index (Phi) is 2.90. The molecular formula is C3H5N5. The molecule has 0 aromatic carbocycles. The summed E-state index contributed by atoms with van der Waals surface area (Å²) in [5.41, 5.74) is 9.68. The van der Waals surface area contributed by atoms with Crippen molar-refractivity contribution in [3.05, 3.63) is 0 Å². The maximum atomic E-state index is 7.83. The summed E-state index contributed by atoms with van der Waals surface area (Å²) in [6.07, 6.45) is 0.930. The molecule has 42 valence electrons. The lowest BCUT2D eigenvalue weighted by molar-refractivity contribution is 1.22. The van der Waals surface area contributed by atoms with Gasteiger partial charge in [0, 0.05) is 0 Å². The fourth-order valence-electron chi connectivity index (χ4n) is 0.121. The van der Waals surface area contributed by atoms with Crippen molar-refractivity contribution in [2.45, 2.75) is 0 Å². The Morgan fingerprint density at radius 3 is 2.62 bits per heavy atom. The molecule has 0 saturated heterocycles. The average molecular weight is 111 g/mol. The normalized spacial score (nSPS) is 8.38. The number of hydrogen-bond donors (Lipinski definition) is 2. The summed E-state index contributed by atoms with van der Waals surface area (Å²) in [6, 6.07) is 1.61. The molecule has 0 amide bonds. The Bertz CT molecular complexity index is 146. The second kappa shape index (κ2) is 3.61. The molecule has 0 unspecified atom stereocenters. The molecule has 0 rings (SSSR count). The molecule has 5 nitrogen and oxygen atoms in total. The molecule has 0 aromatic heterocycles. The number of nitriles is 1. The first-order chi connectivity index (χ1) is 3.77. The Balaban J connectivity index is 3.63. The number of rotatable bonds is 1. The molecule has 0 radical (unpaired) electrons. The van der Waals surface area contributed by atoms with Gasteiger partial charge in [-0.3, -0.25) is 0 Å². The van der Waals surface area contributed by atoms with Gasteiger partial charge in [-0.05, 0) is 0 Å². The third kappa shape index (κ3) is 4.43. The van der Waals surface area contributed by atoms with Crippen LogP contribution in [-0.4, -0.2) is 12.2 Å². The van der Waals surface area contributed by atoms with Crippen LogP contribution in [0.3, 0.4) is 0 Å². The van der Waals surface area contributed by atoms with E-state index < -0.39 is 0 Å². The smallest absolute Gasteiger partial charge is 0.211 e. The van der Waals surface area contributed by atoms with Gasteiger partial charge < -0.3 is 11.5 Å². The molecule has 0 aliphatic heterocycles. The summed E-state index contributed by atoms with van der Waals surface area (Å²) in [6.45, 7) is 0. The second-order valence-corrected chi connectivity index (χ2v) is 0.899. The molecule has 0 fully saturated rings. The van der Waals surface area contributed by atoms with Crippen LogP contribution in [0.15, 0.2) is 10.2 Å². The van der Waals surface area contributed by atoms with Gasteiger partial charge in [0.1, 0.15) is 12.3 Å². The minimum absolute atomic E-state index is 0.156. The van der Waals surface area contributed by atoms with Crippen molar-refractivity contribution in [3.63, 3.8) is 0 Å². The zero-order valence-electron chi connectivity index (χ0n) is 4.07. The number of nitrogens with two attached hydrogens (primary N) is 2. The fourth-order valence-corrected chi connectivity index (χ4v) is 0.121. The van der Waals surface area contributed by atoms with Crippen LogP contribution in [0.2, 0.25) is 0 Å². The Morgan fingerprint density at radius 1 is 1.62 bits per heavy atom. The van der Waals surface area contributed by atoms with Crippen molar-refractivity contribution >= 4 is 12.2 Å². The van der Waals surface area contributed by atoms with Gasteiger partial charge in [0.2, 0.25) is 5.96 Å². The first kappa shape index (κ1) is 6.43. The first-order valence-electron chi connectivity index (χ1n) is 1.77. The molecule has 5 heteroatoms. The van der Waals surface area contributed by atoms with Crippen molar-refractivity contribution in [2.75, 3.05) is 0 Å². The minimum Gasteiger partial charge on any atom is -0.369 e. The van der Waals surface area contributed by atoms with E-state index in [4.69, 9.17) is 16.7 Å². The van der Waals surface area contributed by atoms with Gasteiger partial charge in [-0.1, -0.05) is 0 Å². The van der Waals surface area contributed by atoms with Crippen LogP contribution in [0.1, 0.15) is 0 Å². The third-order valence-corrected chi connectivity index (χ3v) is 0.289. The maximum Gasteiger partial charge on any atom is 0.211 e. The summed E-state index contributed by atoms with van der Waals surface area (Å²) in [5, 5.41) is 14.1. The van der Waals surface area contributed by atoms with Crippen molar-refractivity contribution < 1.29 is 0 Å². The predicted molar refractivity (Wildman–Crippen MR) is 29.9 cm³/mol. The van der Waals surface area contributed by atoms with E-state index in [1.165, 1.54) is 0 Å². The van der Waals surface area contributed by atoms with Crippen LogP contribution in [0.5, 0.6) is 0 Å². The molecule has 0 aromatic rings. The molecule has 0 atom stereocenters. The molecule has 0 saturated carbocycles. The predicted octanol–water partition coefficient (Wildman–Crippen LogP) is -1.23. The quantitative estimate of drug-likeness (QED) is 0.251. The van der Waals surface area contributed by atoms with Crippen LogP contribution in [0, 0.1) is 11.3 Å². The average Bonchev–Trinajstić information content (AvgIpc) is 1.66. The summed E-state index contributed by atoms with van der Waals surface area (Å²) >= 11 is 0. The number of nitrogens with zero attached hydrogens (tertiary/aromatic N) is 3. The van der Waals surface area contributed by atoms with Gasteiger partial charge in [0.25, 0.3) is 0 Å². The topological polar surface area (TPSA) is 101 Å². The van der Waals surface area contributed by atoms with Gasteiger partial charge in [0.15, 0.2) is 0 Å². The van der Waals surface area contributed by atoms with Crippen molar-refractivity contribution in [3.8, 4) is 6.07 Å². The van der Waals surface area contributed by atoms with E-state index in [0.717, 1.165) is 6.21 Å². The zero-order valence-corrected chi connectivity index (χ0v) is 4.07. The summed E-state index contributed by atoms with van der Waals surface area (Å²) < 4.78 is 0. The number of guanidine groups is 1. The van der Waals surface area contributed by atoms with Crippen LogP contribution < -0.4 is 11.5 Å². The van der Waals surface area contributed by atoms with Crippen LogP contribution in [0.4, 0.5) is 0 Å². The zero-order chi connectivity index (χ0) is 6.41. The fraction of sp³-hybridized carbons (Fsp3) is 0. The van der Waals surface area contributed by atoms with Gasteiger partial charge in [0.05, 0.1) is 0 Å². The van der Waals surface area contributed by atoms with Gasteiger partial charge in [-0.2, -0.15) is 5.26 Å². The maximum absolute atomic E-state index is 7.83. The molecule has 0 aliphatic rings. The largest absolute Gasteiger partial charge is 0.369 e. The first-order valence-corrected chi connectivity index (χ1v) is 1.77. The highest BCUT2D eigenvalue weighted by atomic mass is 15.3. The molecule has 8 heavy (non-hydrogen) atoms. The van der Waals surface area contributed by atoms with E-state index in [0.29, 0.717) is 0 Å². The highest BCUT2D eigenvalue weighted by Crippen LogP contribution is 1.62. The Morgan fingerprint density at radius 2 is 2.25 bits per heavy atom. The monoisotopic (exact) mass is 111 g/mol. The van der Waals surface area contributed by atoms with Crippen LogP contribution in [0.25, 0.3) is 0 Å². The van der Waals surface area contributed by atoms with Gasteiger partial charge in [-0.25, -0.2) is 0 Å². The highest BCUT2D eigenvalue weighted by molar-refractivity contribution is 5.78. The standard InChI is InChI=1S/C3H5N5/c4-1-2-7-8-3(5)6/h2H,(H4,5,6,8)/b7-2+.